The summed E-state index contributed by atoms with van der Waals surface area (Å²) in [5, 5.41) is 0.119. The Kier molecular flexibility index (Phi) is 3.90. The molecule has 0 bridgehead atoms. The van der Waals surface area contributed by atoms with Crippen molar-refractivity contribution in [3.63, 3.8) is 0 Å². The molecule has 2 aromatic rings. The van der Waals surface area contributed by atoms with Crippen molar-refractivity contribution in [1.29, 1.82) is 0 Å². The monoisotopic (exact) mass is 284 g/mol. The van der Waals surface area contributed by atoms with Gasteiger partial charge in [-0.15, -0.1) is 0 Å². The van der Waals surface area contributed by atoms with E-state index >= 15 is 0 Å². The fraction of sp³-hybridized carbons (Fsp3) is 0.0714. The molecule has 5 heteroatoms. The van der Waals surface area contributed by atoms with Gasteiger partial charge in [-0.2, -0.15) is 0 Å². The quantitative estimate of drug-likeness (QED) is 0.773. The summed E-state index contributed by atoms with van der Waals surface area (Å²) in [6.07, 6.45) is -0.180. The van der Waals surface area contributed by atoms with Gasteiger partial charge in [0.1, 0.15) is 5.82 Å². The van der Waals surface area contributed by atoms with Crippen LogP contribution >= 0.6 is 11.6 Å². The van der Waals surface area contributed by atoms with E-state index in [2.05, 4.69) is 0 Å². The minimum absolute atomic E-state index is 0.0198. The third-order valence-electron chi connectivity index (χ3n) is 2.58. The largest absolute Gasteiger partial charge is 0.294 e. The molecule has 0 aliphatic heterocycles. The van der Waals surface area contributed by atoms with Gasteiger partial charge in [-0.1, -0.05) is 17.7 Å². The maximum atomic E-state index is 13.0. The van der Waals surface area contributed by atoms with Crippen LogP contribution in [0.1, 0.15) is 15.9 Å². The minimum Gasteiger partial charge on any atom is -0.294 e. The summed E-state index contributed by atoms with van der Waals surface area (Å²) in [5.41, 5.74) is 0.315. The molecule has 0 fully saturated rings. The van der Waals surface area contributed by atoms with Crippen LogP contribution in [0.25, 0.3) is 0 Å². The molecule has 0 spiro atoms. The zero-order chi connectivity index (χ0) is 14.0. The summed E-state index contributed by atoms with van der Waals surface area (Å²) in [7, 11) is 0. The predicted molar refractivity (Wildman–Crippen MR) is 65.8 cm³/mol. The van der Waals surface area contributed by atoms with Gasteiger partial charge in [-0.3, -0.25) is 4.79 Å². The molecule has 0 radical (unpaired) electrons. The van der Waals surface area contributed by atoms with Crippen molar-refractivity contribution in [3.05, 3.63) is 70.0 Å². The summed E-state index contributed by atoms with van der Waals surface area (Å²) >= 11 is 5.79. The van der Waals surface area contributed by atoms with E-state index in [9.17, 15) is 18.0 Å². The molecule has 0 aromatic heterocycles. The van der Waals surface area contributed by atoms with Crippen LogP contribution in [0.3, 0.4) is 0 Å². The SMILES string of the molecule is O=C(Cc1ccc(F)c(F)c1)c1cc(F)ccc1Cl. The molecular formula is C14H8ClF3O. The number of halogens is 4. The van der Waals surface area contributed by atoms with E-state index in [4.69, 9.17) is 11.6 Å². The number of hydrogen-bond donors (Lipinski definition) is 0. The number of ketones is 1. The molecule has 98 valence electrons. The van der Waals surface area contributed by atoms with Gasteiger partial charge >= 0.3 is 0 Å². The second kappa shape index (κ2) is 5.45. The maximum Gasteiger partial charge on any atom is 0.168 e. The third kappa shape index (κ3) is 3.15. The zero-order valence-corrected chi connectivity index (χ0v) is 10.3. The van der Waals surface area contributed by atoms with Crippen LogP contribution in [-0.4, -0.2) is 5.78 Å². The number of carbonyl (C=O) groups excluding carboxylic acids is 1. The summed E-state index contributed by atoms with van der Waals surface area (Å²) in [4.78, 5) is 11.9. The van der Waals surface area contributed by atoms with Crippen LogP contribution < -0.4 is 0 Å². The van der Waals surface area contributed by atoms with Crippen molar-refractivity contribution in [2.24, 2.45) is 0 Å². The van der Waals surface area contributed by atoms with Crippen LogP contribution in [0.5, 0.6) is 0 Å². The lowest BCUT2D eigenvalue weighted by Gasteiger charge is -2.04. The minimum atomic E-state index is -1.03. The van der Waals surface area contributed by atoms with Gasteiger partial charge in [0.2, 0.25) is 0 Å². The highest BCUT2D eigenvalue weighted by molar-refractivity contribution is 6.34. The third-order valence-corrected chi connectivity index (χ3v) is 2.91. The molecule has 0 saturated heterocycles. The summed E-state index contributed by atoms with van der Waals surface area (Å²) < 4.78 is 38.8. The van der Waals surface area contributed by atoms with Gasteiger partial charge in [-0.05, 0) is 35.9 Å². The zero-order valence-electron chi connectivity index (χ0n) is 9.59. The normalized spacial score (nSPS) is 10.5. The standard InChI is InChI=1S/C14H8ClF3O/c15-11-3-2-9(16)7-10(11)14(19)6-8-1-4-12(17)13(18)5-8/h1-5,7H,6H2. The topological polar surface area (TPSA) is 17.1 Å². The van der Waals surface area contributed by atoms with Gasteiger partial charge < -0.3 is 0 Å². The lowest BCUT2D eigenvalue weighted by atomic mass is 10.0. The second-order valence-electron chi connectivity index (χ2n) is 3.97. The molecule has 0 amide bonds. The molecule has 0 heterocycles. The van der Waals surface area contributed by atoms with Gasteiger partial charge in [0, 0.05) is 12.0 Å². The lowest BCUT2D eigenvalue weighted by Crippen LogP contribution is -2.05. The van der Waals surface area contributed by atoms with E-state index in [1.807, 2.05) is 0 Å². The van der Waals surface area contributed by atoms with E-state index in [-0.39, 0.29) is 17.0 Å². The van der Waals surface area contributed by atoms with Crippen molar-refractivity contribution >= 4 is 17.4 Å². The van der Waals surface area contributed by atoms with Gasteiger partial charge in [0.25, 0.3) is 0 Å². The van der Waals surface area contributed by atoms with E-state index in [1.54, 1.807) is 0 Å². The van der Waals surface area contributed by atoms with E-state index in [1.165, 1.54) is 12.1 Å². The summed E-state index contributed by atoms with van der Waals surface area (Å²) in [6.45, 7) is 0. The Morgan fingerprint density at radius 3 is 2.42 bits per heavy atom. The molecule has 0 aliphatic rings. The van der Waals surface area contributed by atoms with Crippen molar-refractivity contribution in [3.8, 4) is 0 Å². The molecule has 0 aliphatic carbocycles. The second-order valence-corrected chi connectivity index (χ2v) is 4.38. The summed E-state index contributed by atoms with van der Waals surface area (Å²) in [5.74, 6) is -3.07. The van der Waals surface area contributed by atoms with E-state index < -0.39 is 23.2 Å². The molecule has 2 rings (SSSR count). The van der Waals surface area contributed by atoms with Crippen LogP contribution in [-0.2, 0) is 6.42 Å². The Bertz CT molecular complexity index is 641. The Labute approximate surface area is 112 Å². The number of benzene rings is 2. The first-order valence-electron chi connectivity index (χ1n) is 5.39. The highest BCUT2D eigenvalue weighted by Crippen LogP contribution is 2.20. The van der Waals surface area contributed by atoms with Crippen LogP contribution in [0.4, 0.5) is 13.2 Å². The Morgan fingerprint density at radius 1 is 1.00 bits per heavy atom. The first kappa shape index (κ1) is 13.6. The first-order valence-corrected chi connectivity index (χ1v) is 5.77. The molecule has 0 saturated carbocycles. The molecule has 0 atom stereocenters. The Balaban J connectivity index is 2.25. The van der Waals surface area contributed by atoms with Crippen LogP contribution in [0, 0.1) is 17.5 Å². The fourth-order valence-electron chi connectivity index (χ4n) is 1.64. The van der Waals surface area contributed by atoms with Crippen molar-refractivity contribution in [1.82, 2.24) is 0 Å². The first-order chi connectivity index (χ1) is 8.97. The number of carbonyl (C=O) groups is 1. The van der Waals surface area contributed by atoms with Crippen LogP contribution in [0.15, 0.2) is 36.4 Å². The lowest BCUT2D eigenvalue weighted by molar-refractivity contribution is 0.0992. The number of hydrogen-bond acceptors (Lipinski definition) is 1. The molecular weight excluding hydrogens is 277 g/mol. The fourth-order valence-corrected chi connectivity index (χ4v) is 1.86. The van der Waals surface area contributed by atoms with Crippen molar-refractivity contribution < 1.29 is 18.0 Å². The molecule has 2 aromatic carbocycles. The van der Waals surface area contributed by atoms with Gasteiger partial charge in [0.05, 0.1) is 5.02 Å². The van der Waals surface area contributed by atoms with E-state index in [0.29, 0.717) is 5.56 Å². The maximum absolute atomic E-state index is 13.0. The molecule has 0 unspecified atom stereocenters. The van der Waals surface area contributed by atoms with Crippen LogP contribution in [0.2, 0.25) is 5.02 Å². The van der Waals surface area contributed by atoms with Gasteiger partial charge in [0.15, 0.2) is 17.4 Å². The highest BCUT2D eigenvalue weighted by atomic mass is 35.5. The number of rotatable bonds is 3. The Hall–Kier alpha value is -1.81. The Morgan fingerprint density at radius 2 is 1.74 bits per heavy atom. The van der Waals surface area contributed by atoms with Gasteiger partial charge in [-0.25, -0.2) is 13.2 Å². The predicted octanol–water partition coefficient (Wildman–Crippen LogP) is 4.18. The average molecular weight is 285 g/mol. The molecule has 19 heavy (non-hydrogen) atoms. The average Bonchev–Trinajstić information content (AvgIpc) is 2.36. The number of Topliss-reactive ketones (excluding diaryl/α,β-unsaturated/α-hetero) is 1. The molecule has 0 N–H and O–H groups in total. The van der Waals surface area contributed by atoms with Crippen molar-refractivity contribution in [2.75, 3.05) is 0 Å². The van der Waals surface area contributed by atoms with Crippen molar-refractivity contribution in [2.45, 2.75) is 6.42 Å². The van der Waals surface area contributed by atoms with E-state index in [0.717, 1.165) is 24.3 Å². The highest BCUT2D eigenvalue weighted by Gasteiger charge is 2.13. The molecule has 1 nitrogen and oxygen atoms in total. The summed E-state index contributed by atoms with van der Waals surface area (Å²) in [6, 6.07) is 6.59. The smallest absolute Gasteiger partial charge is 0.168 e.